The second-order valence-electron chi connectivity index (χ2n) is 7.79. The molecule has 9 heteroatoms. The molecule has 2 aliphatic heterocycles. The number of nitrogens with one attached hydrogen (secondary N) is 1. The van der Waals surface area contributed by atoms with E-state index >= 15 is 0 Å². The van der Waals surface area contributed by atoms with Crippen LogP contribution < -0.4 is 5.32 Å². The van der Waals surface area contributed by atoms with Crippen LogP contribution in [0.5, 0.6) is 0 Å². The van der Waals surface area contributed by atoms with E-state index in [9.17, 15) is 13.2 Å². The van der Waals surface area contributed by atoms with Crippen molar-refractivity contribution in [3.8, 4) is 0 Å². The highest BCUT2D eigenvalue weighted by Crippen LogP contribution is 2.28. The summed E-state index contributed by atoms with van der Waals surface area (Å²) in [6.07, 6.45) is 3.03. The lowest BCUT2D eigenvalue weighted by Crippen LogP contribution is -2.40. The minimum absolute atomic E-state index is 0.00715. The fraction of sp³-hybridized carbons (Fsp3) is 0.348. The molecule has 0 aliphatic carbocycles. The van der Waals surface area contributed by atoms with Gasteiger partial charge in [0.15, 0.2) is 0 Å². The Kier molecular flexibility index (Phi) is 7.27. The van der Waals surface area contributed by atoms with Gasteiger partial charge in [-0.1, -0.05) is 48.0 Å². The molecule has 2 aromatic rings. The number of halogens is 1. The predicted octanol–water partition coefficient (Wildman–Crippen LogP) is 3.09. The van der Waals surface area contributed by atoms with Gasteiger partial charge in [0, 0.05) is 31.9 Å². The Balaban J connectivity index is 1.39. The first kappa shape index (κ1) is 22.9. The number of hydrogen-bond donors (Lipinski definition) is 1. The second-order valence-corrected chi connectivity index (χ2v) is 10.1. The summed E-state index contributed by atoms with van der Waals surface area (Å²) in [6.45, 7) is 2.96. The molecule has 0 bridgehead atoms. The number of hydrogen-bond acceptors (Lipinski definition) is 5. The summed E-state index contributed by atoms with van der Waals surface area (Å²) in [5.74, 6) is -0.196. The second kappa shape index (κ2) is 10.1. The summed E-state index contributed by atoms with van der Waals surface area (Å²) in [7, 11) is -3.76. The maximum absolute atomic E-state index is 13.0. The first-order valence-electron chi connectivity index (χ1n) is 10.6. The number of ether oxygens (including phenoxy) is 1. The topological polar surface area (TPSA) is 79.0 Å². The molecule has 2 aliphatic rings. The Hall–Kier alpha value is -2.23. The number of carbonyl (C=O) groups is 1. The minimum atomic E-state index is -3.76. The summed E-state index contributed by atoms with van der Waals surface area (Å²) in [6, 6.07) is 14.8. The van der Waals surface area contributed by atoms with Crippen LogP contribution in [-0.2, 0) is 19.6 Å². The number of nitrogens with zero attached hydrogens (tertiary/aromatic N) is 2. The Morgan fingerprint density at radius 2 is 1.81 bits per heavy atom. The average Bonchev–Trinajstić information content (AvgIpc) is 2.82. The molecule has 0 saturated carbocycles. The summed E-state index contributed by atoms with van der Waals surface area (Å²) >= 11 is 6.19. The van der Waals surface area contributed by atoms with Crippen LogP contribution in [0.25, 0.3) is 5.57 Å². The van der Waals surface area contributed by atoms with Gasteiger partial charge in [-0.15, -0.1) is 0 Å². The lowest BCUT2D eigenvalue weighted by Gasteiger charge is -2.27. The highest BCUT2D eigenvalue weighted by molar-refractivity contribution is 7.89. The third-order valence-corrected chi connectivity index (χ3v) is 7.99. The van der Waals surface area contributed by atoms with Crippen LogP contribution >= 0.6 is 11.6 Å². The van der Waals surface area contributed by atoms with Gasteiger partial charge in [0.2, 0.25) is 15.9 Å². The first-order chi connectivity index (χ1) is 15.4. The van der Waals surface area contributed by atoms with Crippen molar-refractivity contribution < 1.29 is 17.9 Å². The van der Waals surface area contributed by atoms with Crippen molar-refractivity contribution in [2.75, 3.05) is 51.3 Å². The highest BCUT2D eigenvalue weighted by Gasteiger charge is 2.28. The zero-order valence-corrected chi connectivity index (χ0v) is 19.2. The maximum atomic E-state index is 13.0. The van der Waals surface area contributed by atoms with Gasteiger partial charge < -0.3 is 10.1 Å². The molecule has 2 aromatic carbocycles. The summed E-state index contributed by atoms with van der Waals surface area (Å²) < 4.78 is 32.5. The number of carbonyl (C=O) groups excluding carboxylic acids is 1. The molecule has 2 heterocycles. The smallest absolute Gasteiger partial charge is 0.244 e. The number of sulfonamides is 1. The van der Waals surface area contributed by atoms with Crippen molar-refractivity contribution in [3.63, 3.8) is 0 Å². The average molecular weight is 476 g/mol. The largest absolute Gasteiger partial charge is 0.379 e. The van der Waals surface area contributed by atoms with Gasteiger partial charge in [0.25, 0.3) is 0 Å². The number of morpholine rings is 1. The van der Waals surface area contributed by atoms with Crippen LogP contribution in [0, 0.1) is 0 Å². The van der Waals surface area contributed by atoms with Gasteiger partial charge in [-0.2, -0.15) is 4.31 Å². The van der Waals surface area contributed by atoms with E-state index in [0.717, 1.165) is 13.0 Å². The molecular weight excluding hydrogens is 450 g/mol. The monoisotopic (exact) mass is 475 g/mol. The van der Waals surface area contributed by atoms with Gasteiger partial charge in [-0.25, -0.2) is 8.42 Å². The molecule has 170 valence electrons. The number of benzene rings is 2. The zero-order chi connectivity index (χ0) is 22.6. The lowest BCUT2D eigenvalue weighted by atomic mass is 10.00. The van der Waals surface area contributed by atoms with E-state index in [4.69, 9.17) is 16.3 Å². The van der Waals surface area contributed by atoms with E-state index in [1.54, 1.807) is 6.07 Å². The fourth-order valence-electron chi connectivity index (χ4n) is 3.88. The lowest BCUT2D eigenvalue weighted by molar-refractivity contribution is -0.117. The number of rotatable bonds is 6. The number of amides is 1. The Bertz CT molecular complexity index is 1100. The zero-order valence-electron chi connectivity index (χ0n) is 17.7. The van der Waals surface area contributed by atoms with Crippen LogP contribution in [0.4, 0.5) is 5.69 Å². The highest BCUT2D eigenvalue weighted by atomic mass is 35.5. The molecule has 0 radical (unpaired) electrons. The Morgan fingerprint density at radius 3 is 2.50 bits per heavy atom. The fourth-order valence-corrected chi connectivity index (χ4v) is 5.79. The Morgan fingerprint density at radius 1 is 1.06 bits per heavy atom. The van der Waals surface area contributed by atoms with E-state index < -0.39 is 10.0 Å². The third-order valence-electron chi connectivity index (χ3n) is 5.61. The van der Waals surface area contributed by atoms with Crippen molar-refractivity contribution in [1.82, 2.24) is 9.21 Å². The molecule has 0 aromatic heterocycles. The summed E-state index contributed by atoms with van der Waals surface area (Å²) in [5, 5.41) is 2.94. The molecule has 1 fully saturated rings. The van der Waals surface area contributed by atoms with E-state index in [1.807, 2.05) is 18.2 Å². The van der Waals surface area contributed by atoms with Crippen LogP contribution in [0.3, 0.4) is 0 Å². The molecular formula is C23H26ClN3O4S. The molecule has 1 saturated heterocycles. The maximum Gasteiger partial charge on any atom is 0.244 e. The number of anilines is 1. The normalized spacial score (nSPS) is 18.2. The van der Waals surface area contributed by atoms with Crippen molar-refractivity contribution in [3.05, 3.63) is 65.2 Å². The Labute approximate surface area is 193 Å². The first-order valence-corrected chi connectivity index (χ1v) is 12.4. The predicted molar refractivity (Wildman–Crippen MR) is 125 cm³/mol. The minimum Gasteiger partial charge on any atom is -0.379 e. The summed E-state index contributed by atoms with van der Waals surface area (Å²) in [4.78, 5) is 14.6. The van der Waals surface area contributed by atoms with Crippen molar-refractivity contribution in [1.29, 1.82) is 0 Å². The van der Waals surface area contributed by atoms with E-state index in [0.29, 0.717) is 25.4 Å². The van der Waals surface area contributed by atoms with Crippen LogP contribution in [0.1, 0.15) is 12.0 Å². The molecule has 1 N–H and O–H groups in total. The van der Waals surface area contributed by atoms with Gasteiger partial charge in [0.1, 0.15) is 4.90 Å². The molecule has 0 unspecified atom stereocenters. The SMILES string of the molecule is O=C(CN1CC=C(c2ccccc2)CC1)Nc1ccc(Cl)c(S(=O)(=O)N2CCOCC2)c1. The molecule has 4 rings (SSSR count). The standard InChI is InChI=1S/C23H26ClN3O4S/c24-21-7-6-20(16-22(21)32(29,30)27-12-14-31-15-13-27)25-23(28)17-26-10-8-19(9-11-26)18-4-2-1-3-5-18/h1-8,16H,9-15,17H2,(H,25,28). The van der Waals surface area contributed by atoms with Crippen molar-refractivity contribution in [2.24, 2.45) is 0 Å². The van der Waals surface area contributed by atoms with Crippen molar-refractivity contribution in [2.45, 2.75) is 11.3 Å². The molecule has 0 spiro atoms. The molecule has 1 amide bonds. The van der Waals surface area contributed by atoms with Crippen molar-refractivity contribution >= 4 is 38.8 Å². The van der Waals surface area contributed by atoms with Crippen LogP contribution in [-0.4, -0.2) is 69.5 Å². The van der Waals surface area contributed by atoms with Gasteiger partial charge in [0.05, 0.1) is 24.8 Å². The molecule has 32 heavy (non-hydrogen) atoms. The van der Waals surface area contributed by atoms with Gasteiger partial charge >= 0.3 is 0 Å². The molecule has 0 atom stereocenters. The quantitative estimate of drug-likeness (QED) is 0.694. The third kappa shape index (κ3) is 5.39. The molecule has 7 nitrogen and oxygen atoms in total. The van der Waals surface area contributed by atoms with E-state index in [-0.39, 0.29) is 35.5 Å². The summed E-state index contributed by atoms with van der Waals surface area (Å²) in [5.41, 5.74) is 2.91. The van der Waals surface area contributed by atoms with E-state index in [1.165, 1.54) is 27.6 Å². The van der Waals surface area contributed by atoms with Gasteiger partial charge in [-0.3, -0.25) is 9.69 Å². The van der Waals surface area contributed by atoms with Crippen LogP contribution in [0.15, 0.2) is 59.5 Å². The van der Waals surface area contributed by atoms with Crippen LogP contribution in [0.2, 0.25) is 5.02 Å². The van der Waals surface area contributed by atoms with E-state index in [2.05, 4.69) is 28.4 Å². The van der Waals surface area contributed by atoms with Gasteiger partial charge in [-0.05, 0) is 35.8 Å².